The molecule has 2 amide bonds. The minimum Gasteiger partial charge on any atom is -0.493 e. The number of nitrogens with one attached hydrogen (secondary N) is 2. The quantitative estimate of drug-likeness (QED) is 0.422. The highest BCUT2D eigenvalue weighted by Crippen LogP contribution is 2.35. The van der Waals surface area contributed by atoms with Crippen LogP contribution >= 0.6 is 11.6 Å². The third kappa shape index (κ3) is 5.99. The van der Waals surface area contributed by atoms with Gasteiger partial charge in [-0.05, 0) is 37.1 Å². The maximum Gasteiger partial charge on any atom is 0.329 e. The van der Waals surface area contributed by atoms with E-state index in [0.717, 1.165) is 11.1 Å². The molecule has 0 radical (unpaired) electrons. The smallest absolute Gasteiger partial charge is 0.329 e. The first-order valence-electron chi connectivity index (χ1n) is 8.61. The van der Waals surface area contributed by atoms with Gasteiger partial charge in [0.1, 0.15) is 0 Å². The van der Waals surface area contributed by atoms with Crippen molar-refractivity contribution in [3.8, 4) is 11.5 Å². The van der Waals surface area contributed by atoms with Crippen LogP contribution in [0.1, 0.15) is 23.6 Å². The fraction of sp³-hybridized carbons (Fsp3) is 0.250. The van der Waals surface area contributed by atoms with Gasteiger partial charge in [0.2, 0.25) is 0 Å². The average molecular weight is 404 g/mol. The van der Waals surface area contributed by atoms with E-state index in [-0.39, 0.29) is 6.54 Å². The van der Waals surface area contributed by atoms with Gasteiger partial charge >= 0.3 is 11.8 Å². The number of carbonyl (C=O) groups excluding carboxylic acids is 2. The molecule has 0 saturated carbocycles. The number of ether oxygens (including phenoxy) is 2. The van der Waals surface area contributed by atoms with E-state index in [1.165, 1.54) is 13.3 Å². The van der Waals surface area contributed by atoms with E-state index in [2.05, 4.69) is 15.8 Å². The Bertz CT molecular complexity index is 866. The van der Waals surface area contributed by atoms with Crippen LogP contribution in [0.3, 0.4) is 0 Å². The van der Waals surface area contributed by atoms with Crippen LogP contribution < -0.4 is 20.2 Å². The maximum absolute atomic E-state index is 11.8. The monoisotopic (exact) mass is 403 g/mol. The van der Waals surface area contributed by atoms with Crippen LogP contribution in [0.15, 0.2) is 41.5 Å². The summed E-state index contributed by atoms with van der Waals surface area (Å²) in [4.78, 5) is 23.7. The van der Waals surface area contributed by atoms with Crippen LogP contribution in [0.4, 0.5) is 0 Å². The lowest BCUT2D eigenvalue weighted by atomic mass is 10.1. The Kier molecular flexibility index (Phi) is 7.83. The molecule has 2 N–H and O–H groups in total. The summed E-state index contributed by atoms with van der Waals surface area (Å²) in [6.45, 7) is 4.50. The molecule has 0 aromatic heterocycles. The second-order valence-electron chi connectivity index (χ2n) is 5.83. The minimum atomic E-state index is -0.868. The SMILES string of the molecule is CCOc1c(Cl)cc(/C=N\NC(=O)C(=O)NCc2ccc(C)cc2)cc1OC. The van der Waals surface area contributed by atoms with Crippen LogP contribution in [-0.4, -0.2) is 31.7 Å². The first-order chi connectivity index (χ1) is 13.4. The third-order valence-electron chi connectivity index (χ3n) is 3.70. The van der Waals surface area contributed by atoms with Gasteiger partial charge in [0.25, 0.3) is 0 Å². The lowest BCUT2D eigenvalue weighted by molar-refractivity contribution is -0.139. The number of hydrazone groups is 1. The standard InChI is InChI=1S/C20H22ClN3O4/c1-4-28-18-16(21)9-15(10-17(18)27-3)12-23-24-20(26)19(25)22-11-14-7-5-13(2)6-8-14/h5-10,12H,4,11H2,1-3H3,(H,22,25)(H,24,26)/b23-12-. The summed E-state index contributed by atoms with van der Waals surface area (Å²) in [6, 6.07) is 10.9. The molecule has 0 heterocycles. The van der Waals surface area contributed by atoms with Crippen molar-refractivity contribution in [3.05, 3.63) is 58.1 Å². The highest BCUT2D eigenvalue weighted by atomic mass is 35.5. The Morgan fingerprint density at radius 1 is 1.18 bits per heavy atom. The van der Waals surface area contributed by atoms with E-state index >= 15 is 0 Å². The number of benzene rings is 2. The molecule has 0 fully saturated rings. The molecule has 2 aromatic rings. The van der Waals surface area contributed by atoms with Gasteiger partial charge in [-0.15, -0.1) is 0 Å². The predicted octanol–water partition coefficient (Wildman–Crippen LogP) is 2.82. The van der Waals surface area contributed by atoms with Gasteiger partial charge in [-0.25, -0.2) is 5.43 Å². The molecule has 0 bridgehead atoms. The molecule has 2 rings (SSSR count). The van der Waals surface area contributed by atoms with E-state index in [9.17, 15) is 9.59 Å². The van der Waals surface area contributed by atoms with Crippen LogP contribution in [0.2, 0.25) is 5.02 Å². The molecule has 0 saturated heterocycles. The van der Waals surface area contributed by atoms with Crippen LogP contribution in [0.25, 0.3) is 0 Å². The number of amides is 2. The highest BCUT2D eigenvalue weighted by Gasteiger charge is 2.13. The van der Waals surface area contributed by atoms with E-state index in [0.29, 0.717) is 28.7 Å². The van der Waals surface area contributed by atoms with E-state index in [1.54, 1.807) is 12.1 Å². The molecule has 2 aromatic carbocycles. The van der Waals surface area contributed by atoms with Gasteiger partial charge in [-0.1, -0.05) is 41.4 Å². The summed E-state index contributed by atoms with van der Waals surface area (Å²) in [7, 11) is 1.50. The molecule has 0 atom stereocenters. The van der Waals surface area contributed by atoms with Crippen molar-refractivity contribution in [2.45, 2.75) is 20.4 Å². The zero-order valence-corrected chi connectivity index (χ0v) is 16.7. The molecular weight excluding hydrogens is 382 g/mol. The normalized spacial score (nSPS) is 10.6. The first-order valence-corrected chi connectivity index (χ1v) is 8.99. The molecule has 148 valence electrons. The van der Waals surface area contributed by atoms with Crippen molar-refractivity contribution in [2.75, 3.05) is 13.7 Å². The molecule has 7 nitrogen and oxygen atoms in total. The molecule has 8 heteroatoms. The number of hydrogen-bond acceptors (Lipinski definition) is 5. The summed E-state index contributed by atoms with van der Waals surface area (Å²) >= 11 is 6.18. The number of carbonyl (C=O) groups is 2. The number of methoxy groups -OCH3 is 1. The van der Waals surface area contributed by atoms with Crippen LogP contribution in [0, 0.1) is 6.92 Å². The van der Waals surface area contributed by atoms with Crippen molar-refractivity contribution in [3.63, 3.8) is 0 Å². The van der Waals surface area contributed by atoms with Gasteiger partial charge < -0.3 is 14.8 Å². The lowest BCUT2D eigenvalue weighted by Gasteiger charge is -2.11. The highest BCUT2D eigenvalue weighted by molar-refractivity contribution is 6.35. The summed E-state index contributed by atoms with van der Waals surface area (Å²) in [5.74, 6) is -0.770. The Labute approximate surface area is 168 Å². The second kappa shape index (κ2) is 10.3. The lowest BCUT2D eigenvalue weighted by Crippen LogP contribution is -2.37. The topological polar surface area (TPSA) is 89.0 Å². The fourth-order valence-corrected chi connectivity index (χ4v) is 2.56. The minimum absolute atomic E-state index is 0.252. The van der Waals surface area contributed by atoms with Gasteiger partial charge in [0.05, 0.1) is 25.0 Å². The second-order valence-corrected chi connectivity index (χ2v) is 6.24. The van der Waals surface area contributed by atoms with E-state index < -0.39 is 11.8 Å². The van der Waals surface area contributed by atoms with Gasteiger partial charge in [0.15, 0.2) is 11.5 Å². The average Bonchev–Trinajstić information content (AvgIpc) is 2.69. The summed E-state index contributed by atoms with van der Waals surface area (Å²) in [5.41, 5.74) is 4.76. The molecule has 0 spiro atoms. The molecule has 0 aliphatic rings. The zero-order valence-electron chi connectivity index (χ0n) is 15.9. The van der Waals surface area contributed by atoms with E-state index in [1.807, 2.05) is 38.1 Å². The Hall–Kier alpha value is -3.06. The van der Waals surface area contributed by atoms with Crippen LogP contribution in [0.5, 0.6) is 11.5 Å². The number of aryl methyl sites for hydroxylation is 1. The van der Waals surface area contributed by atoms with Crippen molar-refractivity contribution in [1.82, 2.24) is 10.7 Å². The third-order valence-corrected chi connectivity index (χ3v) is 3.98. The number of rotatable bonds is 7. The van der Waals surface area contributed by atoms with Crippen molar-refractivity contribution in [1.29, 1.82) is 0 Å². The summed E-state index contributed by atoms with van der Waals surface area (Å²) < 4.78 is 10.7. The molecular formula is C20H22ClN3O4. The number of nitrogens with zero attached hydrogens (tertiary/aromatic N) is 1. The van der Waals surface area contributed by atoms with Gasteiger partial charge in [-0.3, -0.25) is 9.59 Å². The molecule has 0 aliphatic heterocycles. The molecule has 0 aliphatic carbocycles. The van der Waals surface area contributed by atoms with Crippen molar-refractivity contribution >= 4 is 29.6 Å². The maximum atomic E-state index is 11.8. The largest absolute Gasteiger partial charge is 0.493 e. The Morgan fingerprint density at radius 2 is 1.89 bits per heavy atom. The molecule has 28 heavy (non-hydrogen) atoms. The summed E-state index contributed by atoms with van der Waals surface area (Å²) in [6.07, 6.45) is 1.36. The summed E-state index contributed by atoms with van der Waals surface area (Å²) in [5, 5.41) is 6.67. The van der Waals surface area contributed by atoms with Gasteiger partial charge in [0, 0.05) is 6.54 Å². The Morgan fingerprint density at radius 3 is 2.54 bits per heavy atom. The van der Waals surface area contributed by atoms with Crippen molar-refractivity contribution in [2.24, 2.45) is 5.10 Å². The van der Waals surface area contributed by atoms with E-state index in [4.69, 9.17) is 21.1 Å². The van der Waals surface area contributed by atoms with Crippen LogP contribution in [-0.2, 0) is 16.1 Å². The van der Waals surface area contributed by atoms with Crippen molar-refractivity contribution < 1.29 is 19.1 Å². The first kappa shape index (κ1) is 21.2. The Balaban J connectivity index is 1.92. The molecule has 0 unspecified atom stereocenters. The van der Waals surface area contributed by atoms with Gasteiger partial charge in [-0.2, -0.15) is 5.10 Å². The number of halogens is 1. The zero-order chi connectivity index (χ0) is 20.5. The predicted molar refractivity (Wildman–Crippen MR) is 108 cm³/mol. The fourth-order valence-electron chi connectivity index (χ4n) is 2.28. The number of hydrogen-bond donors (Lipinski definition) is 2.